The summed E-state index contributed by atoms with van der Waals surface area (Å²) in [5, 5.41) is 0. The summed E-state index contributed by atoms with van der Waals surface area (Å²) < 4.78 is 5.66. The molecule has 3 aliphatic rings. The third-order valence-corrected chi connectivity index (χ3v) is 6.62. The molecule has 2 N–H and O–H groups in total. The van der Waals surface area contributed by atoms with Crippen molar-refractivity contribution in [1.29, 1.82) is 0 Å². The van der Waals surface area contributed by atoms with Crippen LogP contribution in [0.5, 0.6) is 0 Å². The Labute approximate surface area is 180 Å². The van der Waals surface area contributed by atoms with Crippen molar-refractivity contribution in [3.05, 3.63) is 34.3 Å². The predicted molar refractivity (Wildman–Crippen MR) is 105 cm³/mol. The lowest BCUT2D eigenvalue weighted by molar-refractivity contribution is -0.155. The van der Waals surface area contributed by atoms with E-state index in [0.29, 0.717) is 5.56 Å². The van der Waals surface area contributed by atoms with E-state index in [1.807, 2.05) is 0 Å². The molecule has 4 atom stereocenters. The first-order chi connectivity index (χ1) is 14.3. The second-order valence-corrected chi connectivity index (χ2v) is 8.73. The second kappa shape index (κ2) is 8.17. The van der Waals surface area contributed by atoms with Crippen molar-refractivity contribution in [3.63, 3.8) is 0 Å². The topological polar surface area (TPSA) is 122 Å². The fourth-order valence-electron chi connectivity index (χ4n) is 4.78. The monoisotopic (exact) mass is 477 g/mol. The van der Waals surface area contributed by atoms with E-state index >= 15 is 0 Å². The Morgan fingerprint density at radius 1 is 1.00 bits per heavy atom. The molecule has 4 rings (SSSR count). The van der Waals surface area contributed by atoms with Crippen LogP contribution in [0.4, 0.5) is 0 Å². The fraction of sp³-hybridized carbons (Fsp3) is 0.450. The van der Waals surface area contributed by atoms with Gasteiger partial charge in [-0.25, -0.2) is 0 Å². The molecule has 2 aliphatic carbocycles. The summed E-state index contributed by atoms with van der Waals surface area (Å²) in [5.74, 6) is -2.88. The standard InChI is InChI=1S/C20H20BrN3O6/c21-13-5-3-10(4-6-13)18(27)23-22-14(25)9-30-15(26)8-24-19(28)16-11-1-2-12(7-11)17(16)20(24)29/h3-6,11-12,16-17H,1-2,7-9H2,(H,22,25)(H,23,27)/t11-,12-,16-,17-/m0/s1. The third kappa shape index (κ3) is 3.83. The van der Waals surface area contributed by atoms with Gasteiger partial charge in [-0.2, -0.15) is 0 Å². The normalized spacial score (nSPS) is 26.5. The molecule has 0 aromatic heterocycles. The minimum Gasteiger partial charge on any atom is -0.454 e. The summed E-state index contributed by atoms with van der Waals surface area (Å²) in [4.78, 5) is 61.9. The van der Waals surface area contributed by atoms with Gasteiger partial charge in [0.2, 0.25) is 11.8 Å². The number of halogens is 1. The highest BCUT2D eigenvalue weighted by atomic mass is 79.9. The van der Waals surface area contributed by atoms with Gasteiger partial charge in [0.05, 0.1) is 11.8 Å². The Morgan fingerprint density at radius 3 is 2.20 bits per heavy atom. The van der Waals surface area contributed by atoms with Crippen LogP contribution in [0.3, 0.4) is 0 Å². The molecule has 4 amide bonds. The third-order valence-electron chi connectivity index (χ3n) is 6.09. The lowest BCUT2D eigenvalue weighted by Gasteiger charge is -2.19. The number of nitrogens with zero attached hydrogens (tertiary/aromatic N) is 1. The van der Waals surface area contributed by atoms with Crippen LogP contribution < -0.4 is 10.9 Å². The number of carbonyl (C=O) groups excluding carboxylic acids is 5. The molecule has 10 heteroatoms. The van der Waals surface area contributed by atoms with E-state index in [1.165, 1.54) is 0 Å². The smallest absolute Gasteiger partial charge is 0.326 e. The van der Waals surface area contributed by atoms with Gasteiger partial charge in [-0.1, -0.05) is 15.9 Å². The minimum atomic E-state index is -0.849. The van der Waals surface area contributed by atoms with Crippen LogP contribution in [0.1, 0.15) is 29.6 Å². The average Bonchev–Trinajstić information content (AvgIpc) is 3.41. The van der Waals surface area contributed by atoms with Crippen molar-refractivity contribution in [1.82, 2.24) is 15.8 Å². The van der Waals surface area contributed by atoms with Crippen molar-refractivity contribution in [3.8, 4) is 0 Å². The lowest BCUT2D eigenvalue weighted by atomic mass is 9.81. The molecule has 3 fully saturated rings. The lowest BCUT2D eigenvalue weighted by Crippen LogP contribution is -2.44. The number of hydrogen-bond acceptors (Lipinski definition) is 6. The van der Waals surface area contributed by atoms with Gasteiger partial charge in [0.25, 0.3) is 11.8 Å². The zero-order valence-corrected chi connectivity index (χ0v) is 17.5. The average molecular weight is 478 g/mol. The number of nitrogens with one attached hydrogen (secondary N) is 2. The van der Waals surface area contributed by atoms with E-state index in [-0.39, 0.29) is 35.5 Å². The van der Waals surface area contributed by atoms with Gasteiger partial charge >= 0.3 is 5.97 Å². The molecule has 0 unspecified atom stereocenters. The summed E-state index contributed by atoms with van der Waals surface area (Å²) >= 11 is 3.26. The Morgan fingerprint density at radius 2 is 1.60 bits per heavy atom. The first-order valence-electron chi connectivity index (χ1n) is 9.70. The van der Waals surface area contributed by atoms with Crippen molar-refractivity contribution in [2.24, 2.45) is 23.7 Å². The number of carbonyl (C=O) groups is 5. The highest BCUT2D eigenvalue weighted by Gasteiger charge is 2.61. The molecule has 1 heterocycles. The minimum absolute atomic E-state index is 0.234. The van der Waals surface area contributed by atoms with Gasteiger partial charge in [-0.05, 0) is 55.4 Å². The Hall–Kier alpha value is -2.75. The first kappa shape index (κ1) is 20.5. The molecule has 158 valence electrons. The zero-order valence-electron chi connectivity index (χ0n) is 15.9. The second-order valence-electron chi connectivity index (χ2n) is 7.82. The number of hydrazine groups is 1. The summed E-state index contributed by atoms with van der Waals surface area (Å²) in [6.07, 6.45) is 2.82. The predicted octanol–water partition coefficient (Wildman–Crippen LogP) is 0.784. The van der Waals surface area contributed by atoms with Gasteiger partial charge in [-0.3, -0.25) is 39.7 Å². The largest absolute Gasteiger partial charge is 0.454 e. The number of benzene rings is 1. The van der Waals surface area contributed by atoms with Crippen molar-refractivity contribution < 1.29 is 28.7 Å². The molecule has 1 saturated heterocycles. The quantitative estimate of drug-likeness (QED) is 0.367. The van der Waals surface area contributed by atoms with Gasteiger partial charge < -0.3 is 4.74 Å². The summed E-state index contributed by atoms with van der Waals surface area (Å²) in [6, 6.07) is 6.49. The molecular weight excluding hydrogens is 458 g/mol. The van der Waals surface area contributed by atoms with Gasteiger partial charge in [0, 0.05) is 10.0 Å². The van der Waals surface area contributed by atoms with Crippen LogP contribution in [-0.4, -0.2) is 47.6 Å². The van der Waals surface area contributed by atoms with Gasteiger partial charge in [-0.15, -0.1) is 0 Å². The maximum atomic E-state index is 12.6. The van der Waals surface area contributed by atoms with Crippen molar-refractivity contribution >= 4 is 45.5 Å². The number of hydrogen-bond donors (Lipinski definition) is 2. The maximum Gasteiger partial charge on any atom is 0.326 e. The molecule has 1 aromatic carbocycles. The molecule has 0 radical (unpaired) electrons. The summed E-state index contributed by atoms with van der Waals surface area (Å²) in [6.45, 7) is -1.14. The first-order valence-corrected chi connectivity index (χ1v) is 10.5. The van der Waals surface area contributed by atoms with Crippen molar-refractivity contribution in [2.45, 2.75) is 19.3 Å². The van der Waals surface area contributed by atoms with Gasteiger partial charge in [0.15, 0.2) is 6.61 Å². The van der Waals surface area contributed by atoms with E-state index in [2.05, 4.69) is 26.8 Å². The van der Waals surface area contributed by atoms with Crippen LogP contribution in [0.2, 0.25) is 0 Å². The Kier molecular flexibility index (Phi) is 5.59. The fourth-order valence-corrected chi connectivity index (χ4v) is 5.05. The van der Waals surface area contributed by atoms with Crippen LogP contribution >= 0.6 is 15.9 Å². The molecule has 2 bridgehead atoms. The Balaban J connectivity index is 1.22. The molecule has 9 nitrogen and oxygen atoms in total. The number of amides is 4. The number of esters is 1. The van der Waals surface area contributed by atoms with Crippen molar-refractivity contribution in [2.75, 3.05) is 13.2 Å². The molecular formula is C20H20BrN3O6. The number of rotatable bonds is 5. The number of likely N-dealkylation sites (tertiary alicyclic amines) is 1. The van der Waals surface area contributed by atoms with Gasteiger partial charge in [0.1, 0.15) is 6.54 Å². The molecule has 1 aromatic rings. The highest BCUT2D eigenvalue weighted by molar-refractivity contribution is 9.10. The molecule has 2 saturated carbocycles. The number of ether oxygens (including phenoxy) is 1. The van der Waals surface area contributed by atoms with Crippen LogP contribution in [0.15, 0.2) is 28.7 Å². The van der Waals surface area contributed by atoms with E-state index in [1.54, 1.807) is 24.3 Å². The maximum absolute atomic E-state index is 12.6. The van der Waals surface area contributed by atoms with E-state index in [0.717, 1.165) is 28.6 Å². The molecule has 30 heavy (non-hydrogen) atoms. The number of imide groups is 1. The molecule has 1 aliphatic heterocycles. The molecule has 0 spiro atoms. The van der Waals surface area contributed by atoms with E-state index in [4.69, 9.17) is 4.74 Å². The van der Waals surface area contributed by atoms with Crippen LogP contribution in [-0.2, 0) is 23.9 Å². The van der Waals surface area contributed by atoms with Crippen LogP contribution in [0, 0.1) is 23.7 Å². The van der Waals surface area contributed by atoms with E-state index in [9.17, 15) is 24.0 Å². The highest BCUT2D eigenvalue weighted by Crippen LogP contribution is 2.56. The summed E-state index contributed by atoms with van der Waals surface area (Å²) in [5.41, 5.74) is 4.68. The SMILES string of the molecule is O=C(COC(=O)CN1C(=O)[C@H]2[C@H]3CC[C@@H](C3)[C@@H]2C1=O)NNC(=O)c1ccc(Br)cc1. The van der Waals surface area contributed by atoms with Crippen LogP contribution in [0.25, 0.3) is 0 Å². The number of fused-ring (bicyclic) bond motifs is 5. The zero-order chi connectivity index (χ0) is 21.4. The van der Waals surface area contributed by atoms with E-state index < -0.39 is 30.9 Å². The Bertz CT molecular complexity index is 890. The summed E-state index contributed by atoms with van der Waals surface area (Å²) in [7, 11) is 0.